The lowest BCUT2D eigenvalue weighted by Crippen LogP contribution is -2.22. The van der Waals surface area contributed by atoms with Crippen molar-refractivity contribution in [1.82, 2.24) is 9.97 Å². The highest BCUT2D eigenvalue weighted by Crippen LogP contribution is 2.36. The van der Waals surface area contributed by atoms with E-state index in [1.165, 1.54) is 0 Å². The first-order valence-corrected chi connectivity index (χ1v) is 8.08. The Morgan fingerprint density at radius 2 is 1.64 bits per heavy atom. The van der Waals surface area contributed by atoms with Gasteiger partial charge in [-0.15, -0.1) is 0 Å². The van der Waals surface area contributed by atoms with Gasteiger partial charge in [-0.3, -0.25) is 0 Å². The van der Waals surface area contributed by atoms with Crippen molar-refractivity contribution in [2.75, 3.05) is 18.5 Å². The maximum atomic E-state index is 12.9. The molecule has 154 valence electrons. The molecule has 0 fully saturated rings. The number of hydrogen-bond acceptors (Lipinski definition) is 5. The molecule has 1 aromatic carbocycles. The van der Waals surface area contributed by atoms with Gasteiger partial charge in [-0.2, -0.15) is 31.3 Å². The molecule has 2 aromatic rings. The summed E-state index contributed by atoms with van der Waals surface area (Å²) in [7, 11) is 0. The number of nitrogens with zero attached hydrogens (tertiary/aromatic N) is 2. The first kappa shape index (κ1) is 21.6. The van der Waals surface area contributed by atoms with Gasteiger partial charge in [0.2, 0.25) is 11.8 Å². The standard InChI is InChI=1S/C17H17F6N3O2/c1-10(2)8-27-12-5-3-11(4-6-12)25-15-24-7-13(17(21,22)23)14(26-15)28-9-16(18,19)20/h3-7,10H,8-9H2,1-2H3,(H,24,25,26). The molecule has 0 amide bonds. The number of halogens is 6. The predicted molar refractivity (Wildman–Crippen MR) is 88.6 cm³/mol. The molecule has 0 atom stereocenters. The summed E-state index contributed by atoms with van der Waals surface area (Å²) in [4.78, 5) is 6.92. The van der Waals surface area contributed by atoms with E-state index in [2.05, 4.69) is 20.0 Å². The van der Waals surface area contributed by atoms with Crippen molar-refractivity contribution < 1.29 is 35.8 Å². The van der Waals surface area contributed by atoms with Gasteiger partial charge in [-0.05, 0) is 30.2 Å². The minimum absolute atomic E-state index is 0.327. The second-order valence-corrected chi connectivity index (χ2v) is 6.17. The Balaban J connectivity index is 2.17. The van der Waals surface area contributed by atoms with E-state index in [-0.39, 0.29) is 5.95 Å². The molecule has 0 spiro atoms. The summed E-state index contributed by atoms with van der Waals surface area (Å²) in [5.74, 6) is -0.643. The van der Waals surface area contributed by atoms with E-state index in [4.69, 9.17) is 4.74 Å². The lowest BCUT2D eigenvalue weighted by molar-refractivity contribution is -0.159. The fourth-order valence-electron chi connectivity index (χ4n) is 1.91. The van der Waals surface area contributed by atoms with Crippen molar-refractivity contribution in [3.05, 3.63) is 36.0 Å². The Hall–Kier alpha value is -2.72. The lowest BCUT2D eigenvalue weighted by Gasteiger charge is -2.15. The SMILES string of the molecule is CC(C)COc1ccc(Nc2ncc(C(F)(F)F)c(OCC(F)(F)F)n2)cc1. The maximum absolute atomic E-state index is 12.9. The summed E-state index contributed by atoms with van der Waals surface area (Å²) in [6.45, 7) is 2.57. The fraction of sp³-hybridized carbons (Fsp3) is 0.412. The third-order valence-corrected chi connectivity index (χ3v) is 3.13. The quantitative estimate of drug-likeness (QED) is 0.636. The number of anilines is 2. The Kier molecular flexibility index (Phi) is 6.57. The zero-order valence-electron chi connectivity index (χ0n) is 14.9. The van der Waals surface area contributed by atoms with E-state index in [1.54, 1.807) is 24.3 Å². The highest BCUT2D eigenvalue weighted by Gasteiger charge is 2.38. The molecule has 1 aromatic heterocycles. The Morgan fingerprint density at radius 1 is 1.00 bits per heavy atom. The maximum Gasteiger partial charge on any atom is 0.423 e. The molecule has 28 heavy (non-hydrogen) atoms. The molecule has 0 saturated heterocycles. The van der Waals surface area contributed by atoms with E-state index >= 15 is 0 Å². The normalized spacial score (nSPS) is 12.2. The molecule has 5 nitrogen and oxygen atoms in total. The highest BCUT2D eigenvalue weighted by molar-refractivity contribution is 5.55. The monoisotopic (exact) mass is 409 g/mol. The minimum atomic E-state index is -4.96. The summed E-state index contributed by atoms with van der Waals surface area (Å²) in [5.41, 5.74) is -1.10. The molecule has 0 aliphatic carbocycles. The Labute approximate surface area is 156 Å². The van der Waals surface area contributed by atoms with Crippen LogP contribution in [0.15, 0.2) is 30.5 Å². The fourth-order valence-corrected chi connectivity index (χ4v) is 1.91. The average molecular weight is 409 g/mol. The third-order valence-electron chi connectivity index (χ3n) is 3.13. The van der Waals surface area contributed by atoms with Gasteiger partial charge in [-0.25, -0.2) is 4.98 Å². The highest BCUT2D eigenvalue weighted by atomic mass is 19.4. The van der Waals surface area contributed by atoms with E-state index in [0.29, 0.717) is 30.2 Å². The molecule has 1 heterocycles. The van der Waals surface area contributed by atoms with Crippen molar-refractivity contribution in [2.24, 2.45) is 5.92 Å². The molecule has 2 rings (SSSR count). The predicted octanol–water partition coefficient (Wildman–Crippen LogP) is 5.21. The summed E-state index contributed by atoms with van der Waals surface area (Å²) < 4.78 is 85.4. The average Bonchev–Trinajstić information content (AvgIpc) is 2.58. The molecule has 0 bridgehead atoms. The number of nitrogens with one attached hydrogen (secondary N) is 1. The summed E-state index contributed by atoms with van der Waals surface area (Å²) in [5, 5.41) is 2.61. The third kappa shape index (κ3) is 6.78. The van der Waals surface area contributed by atoms with Crippen LogP contribution in [0.4, 0.5) is 38.0 Å². The molecular formula is C17H17F6N3O2. The first-order chi connectivity index (χ1) is 12.9. The van der Waals surface area contributed by atoms with Gasteiger partial charge in [0.25, 0.3) is 0 Å². The molecule has 0 radical (unpaired) electrons. The Morgan fingerprint density at radius 3 is 2.18 bits per heavy atom. The lowest BCUT2D eigenvalue weighted by atomic mass is 10.2. The van der Waals surface area contributed by atoms with Crippen molar-refractivity contribution in [2.45, 2.75) is 26.2 Å². The Bertz CT molecular complexity index is 776. The van der Waals surface area contributed by atoms with Crippen molar-refractivity contribution >= 4 is 11.6 Å². The molecule has 1 N–H and O–H groups in total. The van der Waals surface area contributed by atoms with Gasteiger partial charge in [0.1, 0.15) is 11.3 Å². The van der Waals surface area contributed by atoms with Crippen LogP contribution in [0.5, 0.6) is 11.6 Å². The van der Waals surface area contributed by atoms with E-state index in [1.807, 2.05) is 13.8 Å². The number of aromatic nitrogens is 2. The smallest absolute Gasteiger partial charge is 0.423 e. The van der Waals surface area contributed by atoms with Crippen LogP contribution in [-0.2, 0) is 6.18 Å². The zero-order chi connectivity index (χ0) is 20.9. The minimum Gasteiger partial charge on any atom is -0.493 e. The van der Waals surface area contributed by atoms with Crippen LogP contribution in [0.1, 0.15) is 19.4 Å². The van der Waals surface area contributed by atoms with Crippen LogP contribution in [0.2, 0.25) is 0 Å². The van der Waals surface area contributed by atoms with Gasteiger partial charge in [0, 0.05) is 11.9 Å². The number of benzene rings is 1. The number of hydrogen-bond donors (Lipinski definition) is 1. The van der Waals surface area contributed by atoms with Gasteiger partial charge in [0.05, 0.1) is 6.61 Å². The molecule has 0 unspecified atom stereocenters. The van der Waals surface area contributed by atoms with E-state index in [0.717, 1.165) is 0 Å². The molecular weight excluding hydrogens is 392 g/mol. The van der Waals surface area contributed by atoms with Crippen LogP contribution in [-0.4, -0.2) is 29.4 Å². The first-order valence-electron chi connectivity index (χ1n) is 8.08. The molecule has 0 aliphatic heterocycles. The zero-order valence-corrected chi connectivity index (χ0v) is 14.9. The van der Waals surface area contributed by atoms with Gasteiger partial charge in [-0.1, -0.05) is 13.8 Å². The summed E-state index contributed by atoms with van der Waals surface area (Å²) >= 11 is 0. The van der Waals surface area contributed by atoms with Gasteiger partial charge < -0.3 is 14.8 Å². The van der Waals surface area contributed by atoms with Crippen LogP contribution in [0.3, 0.4) is 0 Å². The van der Waals surface area contributed by atoms with Crippen molar-refractivity contribution in [1.29, 1.82) is 0 Å². The van der Waals surface area contributed by atoms with Gasteiger partial charge in [0.15, 0.2) is 6.61 Å². The van der Waals surface area contributed by atoms with Gasteiger partial charge >= 0.3 is 12.4 Å². The largest absolute Gasteiger partial charge is 0.493 e. The molecule has 0 saturated carbocycles. The summed E-state index contributed by atoms with van der Waals surface area (Å²) in [6, 6.07) is 6.37. The topological polar surface area (TPSA) is 56.3 Å². The van der Waals surface area contributed by atoms with E-state index < -0.39 is 30.4 Å². The molecule has 0 aliphatic rings. The van der Waals surface area contributed by atoms with Crippen LogP contribution in [0, 0.1) is 5.92 Å². The van der Waals surface area contributed by atoms with Crippen molar-refractivity contribution in [3.63, 3.8) is 0 Å². The number of rotatable bonds is 7. The number of alkyl halides is 6. The second kappa shape index (κ2) is 8.53. The van der Waals surface area contributed by atoms with Crippen LogP contribution in [0.25, 0.3) is 0 Å². The van der Waals surface area contributed by atoms with Crippen molar-refractivity contribution in [3.8, 4) is 11.6 Å². The second-order valence-electron chi connectivity index (χ2n) is 6.17. The summed E-state index contributed by atoms with van der Waals surface area (Å²) in [6.07, 6.45) is -9.41. The number of ether oxygens (including phenoxy) is 2. The van der Waals surface area contributed by atoms with Crippen LogP contribution >= 0.6 is 0 Å². The van der Waals surface area contributed by atoms with Crippen LogP contribution < -0.4 is 14.8 Å². The van der Waals surface area contributed by atoms with E-state index in [9.17, 15) is 26.3 Å². The molecule has 11 heteroatoms.